The molecule has 4 heteroatoms. The van der Waals surface area contributed by atoms with Gasteiger partial charge < -0.3 is 4.90 Å². The van der Waals surface area contributed by atoms with Gasteiger partial charge in [0.15, 0.2) is 5.17 Å². The van der Waals surface area contributed by atoms with E-state index in [2.05, 4.69) is 58.6 Å². The number of rotatable bonds is 1. The van der Waals surface area contributed by atoms with Crippen LogP contribution in [0.5, 0.6) is 0 Å². The number of thioether (sulfide) groups is 1. The van der Waals surface area contributed by atoms with Crippen molar-refractivity contribution >= 4 is 50.4 Å². The maximum atomic E-state index is 4.52. The second-order valence-electron chi connectivity index (χ2n) is 4.91. The van der Waals surface area contributed by atoms with Gasteiger partial charge in [0.2, 0.25) is 0 Å². The molecule has 0 spiro atoms. The van der Waals surface area contributed by atoms with Crippen LogP contribution in [0.1, 0.15) is 11.1 Å². The van der Waals surface area contributed by atoms with Gasteiger partial charge in [-0.2, -0.15) is 0 Å². The molecule has 0 bridgehead atoms. The number of benzene rings is 2. The van der Waals surface area contributed by atoms with Gasteiger partial charge in [-0.3, -0.25) is 4.99 Å². The first kappa shape index (κ1) is 13.7. The van der Waals surface area contributed by atoms with E-state index in [1.807, 2.05) is 0 Å². The Morgan fingerprint density at radius 1 is 1.10 bits per heavy atom. The van der Waals surface area contributed by atoms with E-state index in [1.54, 1.807) is 11.8 Å². The molecule has 2 heterocycles. The molecule has 2 nitrogen and oxygen atoms in total. The molecule has 2 aliphatic rings. The summed E-state index contributed by atoms with van der Waals surface area (Å²) in [5.74, 6) is 0. The Balaban J connectivity index is 0.00000121. The average molecular weight is 347 g/mol. The lowest BCUT2D eigenvalue weighted by molar-refractivity contribution is 0.650. The monoisotopic (exact) mass is 346 g/mol. The van der Waals surface area contributed by atoms with Crippen molar-refractivity contribution in [1.82, 2.24) is 4.90 Å². The number of halogens is 1. The van der Waals surface area contributed by atoms with Crippen LogP contribution in [-0.2, 0) is 0 Å². The van der Waals surface area contributed by atoms with E-state index in [1.165, 1.54) is 27.6 Å². The molecule has 2 aromatic rings. The third kappa shape index (κ3) is 1.98. The lowest BCUT2D eigenvalue weighted by Crippen LogP contribution is -2.20. The second-order valence-corrected chi connectivity index (χ2v) is 5.75. The molecule has 0 saturated heterocycles. The minimum Gasteiger partial charge on any atom is -0.318 e. The van der Waals surface area contributed by atoms with Gasteiger partial charge in [-0.25, -0.2) is 0 Å². The van der Waals surface area contributed by atoms with Crippen LogP contribution in [0.4, 0.5) is 0 Å². The van der Waals surface area contributed by atoms with Crippen LogP contribution in [0.15, 0.2) is 46.8 Å². The fourth-order valence-corrected chi connectivity index (χ4v) is 3.76. The third-order valence-corrected chi connectivity index (χ3v) is 4.69. The van der Waals surface area contributed by atoms with Crippen molar-refractivity contribution < 1.29 is 0 Å². The summed E-state index contributed by atoms with van der Waals surface area (Å²) in [7, 11) is 0. The first-order chi connectivity index (χ1) is 9.34. The average Bonchev–Trinajstić information content (AvgIpc) is 3.03. The summed E-state index contributed by atoms with van der Waals surface area (Å²) in [5, 5.41) is 6.06. The number of hydrogen-bond donors (Lipinski definition) is 0. The number of aliphatic imine (C=N–C) groups is 1. The molecule has 20 heavy (non-hydrogen) atoms. The summed E-state index contributed by atoms with van der Waals surface area (Å²) >= 11 is 1.74. The van der Waals surface area contributed by atoms with Gasteiger partial charge >= 0.3 is 0 Å². The molecule has 4 rings (SSSR count). The summed E-state index contributed by atoms with van der Waals surface area (Å²) in [6.07, 6.45) is 0. The Bertz CT molecular complexity index is 736. The standard InChI is InChI=1S/C16H14N2S.BrH/c1-11-6-7-14(13-5-3-2-4-12(11)13)15-10-19-16-17-8-9-18(15)16;/h2-7,10H,8-9H2,1H3;1H. The fraction of sp³-hybridized carbons (Fsp3) is 0.188. The molecule has 0 radical (unpaired) electrons. The predicted octanol–water partition coefficient (Wildman–Crippen LogP) is 4.44. The van der Waals surface area contributed by atoms with Crippen molar-refractivity contribution in [3.8, 4) is 0 Å². The molecular formula is C16H15BrN2S. The van der Waals surface area contributed by atoms with Crippen molar-refractivity contribution in [2.24, 2.45) is 4.99 Å². The Labute approximate surface area is 133 Å². The molecule has 0 unspecified atom stereocenters. The van der Waals surface area contributed by atoms with Crippen LogP contribution in [0.25, 0.3) is 16.5 Å². The molecule has 0 N–H and O–H groups in total. The summed E-state index contributed by atoms with van der Waals surface area (Å²) < 4.78 is 0. The highest BCUT2D eigenvalue weighted by Gasteiger charge is 2.27. The maximum Gasteiger partial charge on any atom is 0.168 e. The van der Waals surface area contributed by atoms with Crippen LogP contribution in [0, 0.1) is 6.92 Å². The SMILES string of the molecule is Br.Cc1ccc(C2=CSC3=NCCN23)c2ccccc12. The first-order valence-corrected chi connectivity index (χ1v) is 7.40. The molecule has 2 aromatic carbocycles. The number of amidine groups is 1. The Kier molecular flexibility index (Phi) is 3.61. The molecule has 0 aliphatic carbocycles. The van der Waals surface area contributed by atoms with Gasteiger partial charge in [0.1, 0.15) is 0 Å². The fourth-order valence-electron chi connectivity index (χ4n) is 2.81. The molecule has 0 saturated carbocycles. The van der Waals surface area contributed by atoms with Gasteiger partial charge in [-0.15, -0.1) is 17.0 Å². The lowest BCUT2D eigenvalue weighted by Gasteiger charge is -2.18. The van der Waals surface area contributed by atoms with Gasteiger partial charge in [0.25, 0.3) is 0 Å². The van der Waals surface area contributed by atoms with Crippen LogP contribution < -0.4 is 0 Å². The van der Waals surface area contributed by atoms with E-state index in [9.17, 15) is 0 Å². The second kappa shape index (κ2) is 5.26. The minimum absolute atomic E-state index is 0. The van der Waals surface area contributed by atoms with Gasteiger partial charge in [0.05, 0.1) is 12.2 Å². The Hall–Kier alpha value is -1.26. The van der Waals surface area contributed by atoms with E-state index >= 15 is 0 Å². The number of hydrogen-bond acceptors (Lipinski definition) is 3. The predicted molar refractivity (Wildman–Crippen MR) is 93.6 cm³/mol. The largest absolute Gasteiger partial charge is 0.318 e. The van der Waals surface area contributed by atoms with Crippen LogP contribution >= 0.6 is 28.7 Å². The molecule has 0 aromatic heterocycles. The molecule has 0 amide bonds. The quantitative estimate of drug-likeness (QED) is 0.758. The zero-order valence-corrected chi connectivity index (χ0v) is 13.7. The topological polar surface area (TPSA) is 15.6 Å². The number of aryl methyl sites for hydroxylation is 1. The molecule has 102 valence electrons. The van der Waals surface area contributed by atoms with E-state index < -0.39 is 0 Å². The third-order valence-electron chi connectivity index (χ3n) is 3.79. The van der Waals surface area contributed by atoms with E-state index in [-0.39, 0.29) is 17.0 Å². The minimum atomic E-state index is 0. The summed E-state index contributed by atoms with van der Waals surface area (Å²) in [4.78, 5) is 6.86. The lowest BCUT2D eigenvalue weighted by atomic mass is 9.98. The number of fused-ring (bicyclic) bond motifs is 2. The van der Waals surface area contributed by atoms with Crippen molar-refractivity contribution in [2.45, 2.75) is 6.92 Å². The summed E-state index contributed by atoms with van der Waals surface area (Å²) in [6, 6.07) is 13.1. The normalized spacial score (nSPS) is 16.8. The van der Waals surface area contributed by atoms with Gasteiger partial charge in [-0.05, 0) is 23.3 Å². The van der Waals surface area contributed by atoms with Crippen LogP contribution in [-0.4, -0.2) is 23.2 Å². The Morgan fingerprint density at radius 2 is 1.90 bits per heavy atom. The highest BCUT2D eigenvalue weighted by Crippen LogP contribution is 2.38. The van der Waals surface area contributed by atoms with Crippen molar-refractivity contribution in [2.75, 3.05) is 13.1 Å². The Morgan fingerprint density at radius 3 is 2.75 bits per heavy atom. The summed E-state index contributed by atoms with van der Waals surface area (Å²) in [5.41, 5.74) is 3.96. The maximum absolute atomic E-state index is 4.52. The molecule has 0 fully saturated rings. The highest BCUT2D eigenvalue weighted by atomic mass is 79.9. The first-order valence-electron chi connectivity index (χ1n) is 6.52. The van der Waals surface area contributed by atoms with Crippen LogP contribution in [0.2, 0.25) is 0 Å². The number of nitrogens with zero attached hydrogens (tertiary/aromatic N) is 2. The zero-order valence-electron chi connectivity index (χ0n) is 11.2. The van der Waals surface area contributed by atoms with Crippen molar-refractivity contribution in [1.29, 1.82) is 0 Å². The van der Waals surface area contributed by atoms with E-state index in [4.69, 9.17) is 0 Å². The highest BCUT2D eigenvalue weighted by molar-refractivity contribution is 8.93. The van der Waals surface area contributed by atoms with Crippen LogP contribution in [0.3, 0.4) is 0 Å². The van der Waals surface area contributed by atoms with E-state index in [0.717, 1.165) is 18.3 Å². The van der Waals surface area contributed by atoms with Gasteiger partial charge in [0, 0.05) is 17.5 Å². The summed E-state index contributed by atoms with van der Waals surface area (Å²) in [6.45, 7) is 4.10. The van der Waals surface area contributed by atoms with E-state index in [0.29, 0.717) is 0 Å². The van der Waals surface area contributed by atoms with Crippen molar-refractivity contribution in [3.63, 3.8) is 0 Å². The molecular weight excluding hydrogens is 332 g/mol. The molecule has 0 atom stereocenters. The van der Waals surface area contributed by atoms with Crippen molar-refractivity contribution in [3.05, 3.63) is 52.9 Å². The molecule has 2 aliphatic heterocycles. The zero-order chi connectivity index (χ0) is 12.8. The van der Waals surface area contributed by atoms with Gasteiger partial charge in [-0.1, -0.05) is 48.2 Å². The smallest absolute Gasteiger partial charge is 0.168 e.